The van der Waals surface area contributed by atoms with E-state index >= 15 is 0 Å². The molecule has 0 aromatic rings. The van der Waals surface area contributed by atoms with Crippen LogP contribution in [0.15, 0.2) is 0 Å². The molecule has 1 aliphatic carbocycles. The van der Waals surface area contributed by atoms with Crippen molar-refractivity contribution in [3.8, 4) is 11.8 Å². The molecule has 1 N–H and O–H groups in total. The molecule has 0 bridgehead atoms. The van der Waals surface area contributed by atoms with E-state index in [-0.39, 0.29) is 24.1 Å². The van der Waals surface area contributed by atoms with Gasteiger partial charge in [-0.1, -0.05) is 156 Å². The minimum absolute atomic E-state index is 0.0113. The van der Waals surface area contributed by atoms with Gasteiger partial charge in [-0.2, -0.15) is 0 Å². The molecule has 1 rings (SSSR count). The predicted molar refractivity (Wildman–Crippen MR) is 242 cm³/mol. The smallest absolute Gasteiger partial charge is 0.306 e. The monoisotopic (exact) mass is 802 g/mol. The third-order valence-electron chi connectivity index (χ3n) is 12.2. The van der Waals surface area contributed by atoms with Gasteiger partial charge in [-0.15, -0.1) is 11.8 Å². The molecule has 1 atom stereocenters. The molecular formula is C51H95NO5. The van der Waals surface area contributed by atoms with Crippen molar-refractivity contribution in [2.75, 3.05) is 13.1 Å². The predicted octanol–water partition coefficient (Wildman–Crippen LogP) is 14.6. The largest absolute Gasteiger partial charge is 0.462 e. The van der Waals surface area contributed by atoms with Crippen molar-refractivity contribution >= 4 is 11.9 Å². The van der Waals surface area contributed by atoms with Gasteiger partial charge in [-0.3, -0.25) is 9.59 Å². The Hall–Kier alpha value is -1.58. The highest BCUT2D eigenvalue weighted by molar-refractivity contribution is 5.76. The summed E-state index contributed by atoms with van der Waals surface area (Å²) in [5, 5.41) is 11.5. The second-order valence-electron chi connectivity index (χ2n) is 18.0. The Labute approximate surface area is 354 Å². The molecule has 0 saturated carbocycles. The lowest BCUT2D eigenvalue weighted by Crippen LogP contribution is -2.37. The fourth-order valence-electron chi connectivity index (χ4n) is 8.49. The lowest BCUT2D eigenvalue weighted by molar-refractivity contribution is -0.225. The first-order valence-corrected chi connectivity index (χ1v) is 25.1. The number of hydrogen-bond acceptors (Lipinski definition) is 5. The van der Waals surface area contributed by atoms with Crippen molar-refractivity contribution in [3.63, 3.8) is 0 Å². The molecule has 0 aliphatic heterocycles. The molecule has 0 spiro atoms. The van der Waals surface area contributed by atoms with Gasteiger partial charge in [0.15, 0.2) is 5.79 Å². The van der Waals surface area contributed by atoms with E-state index in [0.717, 1.165) is 77.0 Å². The summed E-state index contributed by atoms with van der Waals surface area (Å²) in [7, 11) is 0. The second-order valence-corrected chi connectivity index (χ2v) is 18.0. The molecule has 0 fully saturated rings. The normalized spacial score (nSPS) is 14.4. The summed E-state index contributed by atoms with van der Waals surface area (Å²) in [4.78, 5) is 28.8. The maximum absolute atomic E-state index is 13.7. The number of aliphatic hydroxyl groups is 1. The number of carbonyl (C=O) groups excluding carboxylic acids is 2. The Bertz CT molecular complexity index is 961. The molecule has 0 aromatic carbocycles. The molecule has 0 heterocycles. The van der Waals surface area contributed by atoms with Gasteiger partial charge in [0.05, 0.1) is 6.10 Å². The number of ether oxygens (including phenoxy) is 2. The van der Waals surface area contributed by atoms with Gasteiger partial charge in [0.2, 0.25) is 5.91 Å². The van der Waals surface area contributed by atoms with E-state index in [2.05, 4.69) is 39.5 Å². The van der Waals surface area contributed by atoms with Crippen molar-refractivity contribution in [2.24, 2.45) is 5.92 Å². The maximum atomic E-state index is 13.7. The number of nitrogens with zero attached hydrogens (tertiary/aromatic N) is 1. The summed E-state index contributed by atoms with van der Waals surface area (Å²) < 4.78 is 12.6. The molecule has 6 nitrogen and oxygen atoms in total. The summed E-state index contributed by atoms with van der Waals surface area (Å²) in [6.07, 6.45) is 38.7. The zero-order chi connectivity index (χ0) is 41.7. The van der Waals surface area contributed by atoms with Gasteiger partial charge in [0.1, 0.15) is 6.10 Å². The number of amides is 1. The Balaban J connectivity index is 2.78. The molecule has 1 unspecified atom stereocenters. The summed E-state index contributed by atoms with van der Waals surface area (Å²) >= 11 is 0. The van der Waals surface area contributed by atoms with Crippen molar-refractivity contribution in [1.29, 1.82) is 0 Å². The molecule has 57 heavy (non-hydrogen) atoms. The van der Waals surface area contributed by atoms with Crippen LogP contribution in [0.25, 0.3) is 0 Å². The Morgan fingerprint density at radius 3 is 1.54 bits per heavy atom. The number of hydrogen-bond donors (Lipinski definition) is 1. The fourth-order valence-corrected chi connectivity index (χ4v) is 8.49. The summed E-state index contributed by atoms with van der Waals surface area (Å²) in [6.45, 7) is 11.9. The highest BCUT2D eigenvalue weighted by atomic mass is 16.6. The van der Waals surface area contributed by atoms with Gasteiger partial charge < -0.3 is 19.5 Å². The number of esters is 1. The fraction of sp³-hybridized carbons (Fsp3) is 0.922. The zero-order valence-electron chi connectivity index (χ0n) is 38.6. The van der Waals surface area contributed by atoms with E-state index in [9.17, 15) is 14.7 Å². The van der Waals surface area contributed by atoms with E-state index in [1.54, 1.807) is 0 Å². The van der Waals surface area contributed by atoms with Crippen LogP contribution in [-0.4, -0.2) is 53.0 Å². The van der Waals surface area contributed by atoms with Crippen LogP contribution < -0.4 is 0 Å². The van der Waals surface area contributed by atoms with E-state index in [4.69, 9.17) is 9.47 Å². The summed E-state index contributed by atoms with van der Waals surface area (Å²) in [5.74, 6) is 6.08. The first-order valence-electron chi connectivity index (χ1n) is 25.1. The standard InChI is InChI=1S/C51H95NO5/c1-6-10-14-18-26-37-47(38-27-19-15-11-7-2)56-50(54)42-32-44-52(49(53)41-31-30-36-46-34-24-22-23-25-35-46)45-33-43-51(5,55)57-48(39-28-20-16-12-8-3)40-29-21-17-13-9-4/h46-48,55H,6-21,24-45H2,1-5H3. The molecular weight excluding hydrogens is 707 g/mol. The quantitative estimate of drug-likeness (QED) is 0.0289. The van der Waals surface area contributed by atoms with Gasteiger partial charge in [-0.05, 0) is 83.5 Å². The third kappa shape index (κ3) is 31.9. The van der Waals surface area contributed by atoms with Crippen molar-refractivity contribution in [2.45, 2.75) is 284 Å². The Morgan fingerprint density at radius 2 is 1.05 bits per heavy atom. The SMILES string of the molecule is CCCCCCCC(CCCCCCC)OC(=O)CCCN(CCCC(C)(O)OC(CCCCCCC)CCCCCCC)C(=O)CCCCC1CCC#CCC1. The number of unbranched alkanes of at least 4 members (excludes halogenated alkanes) is 17. The van der Waals surface area contributed by atoms with Gasteiger partial charge >= 0.3 is 5.97 Å². The lowest BCUT2D eigenvalue weighted by atomic mass is 9.93. The van der Waals surface area contributed by atoms with Crippen LogP contribution in [0.4, 0.5) is 0 Å². The third-order valence-corrected chi connectivity index (χ3v) is 12.2. The molecule has 1 aliphatic rings. The van der Waals surface area contributed by atoms with Crippen molar-refractivity contribution < 1.29 is 24.2 Å². The lowest BCUT2D eigenvalue weighted by Gasteiger charge is -2.31. The van der Waals surface area contributed by atoms with Crippen LogP contribution in [0.3, 0.4) is 0 Å². The minimum Gasteiger partial charge on any atom is -0.462 e. The van der Waals surface area contributed by atoms with Crippen LogP contribution in [-0.2, 0) is 19.1 Å². The number of carbonyl (C=O) groups is 2. The van der Waals surface area contributed by atoms with E-state index in [0.29, 0.717) is 51.1 Å². The van der Waals surface area contributed by atoms with Crippen LogP contribution in [0.5, 0.6) is 0 Å². The van der Waals surface area contributed by atoms with Crippen LogP contribution in [0.1, 0.15) is 266 Å². The zero-order valence-corrected chi connectivity index (χ0v) is 38.6. The topological polar surface area (TPSA) is 76.1 Å². The highest BCUT2D eigenvalue weighted by Crippen LogP contribution is 2.25. The molecule has 0 aromatic heterocycles. The van der Waals surface area contributed by atoms with Crippen molar-refractivity contribution in [3.05, 3.63) is 0 Å². The molecule has 0 radical (unpaired) electrons. The number of rotatable bonds is 40. The van der Waals surface area contributed by atoms with Crippen LogP contribution >= 0.6 is 0 Å². The van der Waals surface area contributed by atoms with Crippen LogP contribution in [0, 0.1) is 17.8 Å². The minimum atomic E-state index is -1.22. The summed E-state index contributed by atoms with van der Waals surface area (Å²) in [5.41, 5.74) is 0. The van der Waals surface area contributed by atoms with Gasteiger partial charge in [-0.25, -0.2) is 0 Å². The van der Waals surface area contributed by atoms with E-state index < -0.39 is 5.79 Å². The molecule has 1 amide bonds. The van der Waals surface area contributed by atoms with Crippen molar-refractivity contribution in [1.82, 2.24) is 4.90 Å². The Kier molecular flexibility index (Phi) is 35.1. The maximum Gasteiger partial charge on any atom is 0.306 e. The molecule has 334 valence electrons. The van der Waals surface area contributed by atoms with Crippen LogP contribution in [0.2, 0.25) is 0 Å². The van der Waals surface area contributed by atoms with Gasteiger partial charge in [0.25, 0.3) is 0 Å². The second kappa shape index (κ2) is 37.4. The van der Waals surface area contributed by atoms with E-state index in [1.165, 1.54) is 122 Å². The average Bonchev–Trinajstić information content (AvgIpc) is 3.47. The van der Waals surface area contributed by atoms with Gasteiger partial charge in [0, 0.05) is 45.2 Å². The average molecular weight is 802 g/mol. The summed E-state index contributed by atoms with van der Waals surface area (Å²) in [6, 6.07) is 0. The first-order chi connectivity index (χ1) is 27.7. The Morgan fingerprint density at radius 1 is 0.596 bits per heavy atom. The molecule has 6 heteroatoms. The molecule has 0 saturated heterocycles. The first kappa shape index (κ1) is 53.4. The highest BCUT2D eigenvalue weighted by Gasteiger charge is 2.26. The van der Waals surface area contributed by atoms with E-state index in [1.807, 2.05) is 11.8 Å².